The van der Waals surface area contributed by atoms with Gasteiger partial charge in [-0.15, -0.1) is 0 Å². The number of nitrogens with one attached hydrogen (secondary N) is 1. The van der Waals surface area contributed by atoms with Crippen molar-refractivity contribution in [2.24, 2.45) is 5.92 Å². The van der Waals surface area contributed by atoms with Gasteiger partial charge in [0.15, 0.2) is 0 Å². The Hall–Kier alpha value is -0.530. The first-order valence-corrected chi connectivity index (χ1v) is 8.18. The topological polar surface area (TPSA) is 12.0 Å². The average molecular weight is 278 g/mol. The van der Waals surface area contributed by atoms with Crippen molar-refractivity contribution in [1.29, 1.82) is 0 Å². The van der Waals surface area contributed by atoms with E-state index in [9.17, 15) is 0 Å². The summed E-state index contributed by atoms with van der Waals surface area (Å²) in [5.41, 5.74) is 1.42. The molecule has 0 bridgehead atoms. The number of hydrogen-bond donors (Lipinski definition) is 1. The minimum absolute atomic E-state index is 0.725. The lowest BCUT2D eigenvalue weighted by Gasteiger charge is -2.36. The number of hydrogen-bond acceptors (Lipinski definition) is 1. The van der Waals surface area contributed by atoms with E-state index in [4.69, 9.17) is 11.6 Å². The van der Waals surface area contributed by atoms with Gasteiger partial charge in [-0.2, -0.15) is 0 Å². The summed E-state index contributed by atoms with van der Waals surface area (Å²) in [5, 5.41) is 4.60. The van der Waals surface area contributed by atoms with Crippen LogP contribution in [0.1, 0.15) is 56.4 Å². The van der Waals surface area contributed by atoms with Gasteiger partial charge in [-0.3, -0.25) is 0 Å². The van der Waals surface area contributed by atoms with Crippen LogP contribution in [-0.4, -0.2) is 12.6 Å². The third-order valence-electron chi connectivity index (χ3n) is 4.92. The molecule has 0 heterocycles. The van der Waals surface area contributed by atoms with Gasteiger partial charge in [-0.05, 0) is 55.3 Å². The van der Waals surface area contributed by atoms with Crippen LogP contribution in [0.15, 0.2) is 24.3 Å². The normalized spacial score (nSPS) is 27.4. The van der Waals surface area contributed by atoms with E-state index in [1.807, 2.05) is 6.07 Å². The molecule has 0 saturated heterocycles. The maximum Gasteiger partial charge on any atom is 0.0408 e. The lowest BCUT2D eigenvalue weighted by atomic mass is 9.76. The molecule has 1 aromatic carbocycles. The highest BCUT2D eigenvalue weighted by Gasteiger charge is 2.29. The van der Waals surface area contributed by atoms with Gasteiger partial charge in [0.1, 0.15) is 0 Å². The van der Waals surface area contributed by atoms with E-state index in [0.29, 0.717) is 0 Å². The maximum atomic E-state index is 6.05. The zero-order valence-electron chi connectivity index (χ0n) is 11.6. The Labute approximate surface area is 121 Å². The molecule has 2 heteroatoms. The van der Waals surface area contributed by atoms with E-state index in [1.165, 1.54) is 57.1 Å². The molecule has 0 amide bonds. The van der Waals surface area contributed by atoms with Gasteiger partial charge in [0.25, 0.3) is 0 Å². The number of benzene rings is 1. The first-order valence-electron chi connectivity index (χ1n) is 7.80. The highest BCUT2D eigenvalue weighted by molar-refractivity contribution is 6.30. The molecule has 0 radical (unpaired) electrons. The molecule has 0 spiro atoms. The standard InChI is InChI=1S/C17H24ClN/c18-16-7-3-6-14(10-16)15-11-17(12-15)19-9-8-13-4-1-2-5-13/h3,6-7,10,13,15,17,19H,1-2,4-5,8-9,11-12H2. The van der Waals surface area contributed by atoms with E-state index in [-0.39, 0.29) is 0 Å². The van der Waals surface area contributed by atoms with Gasteiger partial charge in [0.2, 0.25) is 0 Å². The molecule has 104 valence electrons. The summed E-state index contributed by atoms with van der Waals surface area (Å²) >= 11 is 6.05. The van der Waals surface area contributed by atoms with Crippen LogP contribution in [0.4, 0.5) is 0 Å². The Kier molecular flexibility index (Phi) is 4.45. The zero-order valence-corrected chi connectivity index (χ0v) is 12.3. The Morgan fingerprint density at radius 3 is 2.68 bits per heavy atom. The van der Waals surface area contributed by atoms with Gasteiger partial charge >= 0.3 is 0 Å². The molecule has 3 rings (SSSR count). The smallest absolute Gasteiger partial charge is 0.0408 e. The van der Waals surface area contributed by atoms with Gasteiger partial charge in [-0.1, -0.05) is 49.4 Å². The Bertz CT molecular complexity index is 405. The molecule has 1 N–H and O–H groups in total. The lowest BCUT2D eigenvalue weighted by Crippen LogP contribution is -2.40. The molecule has 1 aromatic rings. The predicted molar refractivity (Wildman–Crippen MR) is 81.8 cm³/mol. The SMILES string of the molecule is Clc1cccc(C2CC(NCCC3CCCC3)C2)c1. The van der Waals surface area contributed by atoms with Crippen LogP contribution < -0.4 is 5.32 Å². The Morgan fingerprint density at radius 1 is 1.16 bits per heavy atom. The molecule has 1 nitrogen and oxygen atoms in total. The van der Waals surface area contributed by atoms with E-state index in [1.54, 1.807) is 0 Å². The fraction of sp³-hybridized carbons (Fsp3) is 0.647. The predicted octanol–water partition coefficient (Wildman–Crippen LogP) is 4.76. The van der Waals surface area contributed by atoms with Crippen LogP contribution in [-0.2, 0) is 0 Å². The summed E-state index contributed by atoms with van der Waals surface area (Å²) in [6, 6.07) is 9.11. The largest absolute Gasteiger partial charge is 0.314 e. The summed E-state index contributed by atoms with van der Waals surface area (Å²) in [4.78, 5) is 0. The van der Waals surface area contributed by atoms with Crippen molar-refractivity contribution in [3.8, 4) is 0 Å². The third-order valence-corrected chi connectivity index (χ3v) is 5.15. The van der Waals surface area contributed by atoms with Crippen molar-refractivity contribution in [1.82, 2.24) is 5.32 Å². The van der Waals surface area contributed by atoms with Crippen molar-refractivity contribution in [3.05, 3.63) is 34.9 Å². The fourth-order valence-electron chi connectivity index (χ4n) is 3.61. The van der Waals surface area contributed by atoms with Crippen LogP contribution in [0.3, 0.4) is 0 Å². The molecule has 2 aliphatic rings. The molecule has 2 saturated carbocycles. The minimum atomic E-state index is 0.725. The second-order valence-electron chi connectivity index (χ2n) is 6.31. The summed E-state index contributed by atoms with van der Waals surface area (Å²) in [7, 11) is 0. The maximum absolute atomic E-state index is 6.05. The second-order valence-corrected chi connectivity index (χ2v) is 6.75. The summed E-state index contributed by atoms with van der Waals surface area (Å²) in [5.74, 6) is 1.74. The van der Waals surface area contributed by atoms with E-state index >= 15 is 0 Å². The summed E-state index contributed by atoms with van der Waals surface area (Å²) < 4.78 is 0. The first kappa shape index (κ1) is 13.5. The highest BCUT2D eigenvalue weighted by Crippen LogP contribution is 2.37. The number of rotatable bonds is 5. The fourth-order valence-corrected chi connectivity index (χ4v) is 3.81. The number of halogens is 1. The van der Waals surface area contributed by atoms with Crippen LogP contribution in [0.2, 0.25) is 5.02 Å². The second kappa shape index (κ2) is 6.28. The summed E-state index contributed by atoms with van der Waals surface area (Å²) in [6.45, 7) is 1.22. The van der Waals surface area contributed by atoms with Crippen LogP contribution in [0, 0.1) is 5.92 Å². The monoisotopic (exact) mass is 277 g/mol. The lowest BCUT2D eigenvalue weighted by molar-refractivity contribution is 0.283. The van der Waals surface area contributed by atoms with Crippen molar-refractivity contribution < 1.29 is 0 Å². The van der Waals surface area contributed by atoms with Crippen molar-refractivity contribution >= 4 is 11.6 Å². The molecular weight excluding hydrogens is 254 g/mol. The van der Waals surface area contributed by atoms with Crippen LogP contribution >= 0.6 is 11.6 Å². The van der Waals surface area contributed by atoms with Crippen molar-refractivity contribution in [3.63, 3.8) is 0 Å². The molecule has 2 aliphatic carbocycles. The van der Waals surface area contributed by atoms with E-state index < -0.39 is 0 Å². The molecule has 2 fully saturated rings. The van der Waals surface area contributed by atoms with Crippen molar-refractivity contribution in [2.45, 2.75) is 56.9 Å². The summed E-state index contributed by atoms with van der Waals surface area (Å²) in [6.07, 6.45) is 9.82. The third kappa shape index (κ3) is 3.52. The van der Waals surface area contributed by atoms with Gasteiger partial charge < -0.3 is 5.32 Å². The molecule has 0 unspecified atom stereocenters. The molecule has 0 aliphatic heterocycles. The van der Waals surface area contributed by atoms with Crippen LogP contribution in [0.25, 0.3) is 0 Å². The highest BCUT2D eigenvalue weighted by atomic mass is 35.5. The minimum Gasteiger partial charge on any atom is -0.314 e. The van der Waals surface area contributed by atoms with Gasteiger partial charge in [0.05, 0.1) is 0 Å². The van der Waals surface area contributed by atoms with Crippen LogP contribution in [0.5, 0.6) is 0 Å². The molecule has 0 atom stereocenters. The van der Waals surface area contributed by atoms with Gasteiger partial charge in [0, 0.05) is 11.1 Å². The van der Waals surface area contributed by atoms with E-state index in [2.05, 4.69) is 23.5 Å². The molecular formula is C17H24ClN. The Morgan fingerprint density at radius 2 is 1.95 bits per heavy atom. The first-order chi connectivity index (χ1) is 9.31. The quantitative estimate of drug-likeness (QED) is 0.818. The van der Waals surface area contributed by atoms with Gasteiger partial charge in [-0.25, -0.2) is 0 Å². The van der Waals surface area contributed by atoms with Crippen molar-refractivity contribution in [2.75, 3.05) is 6.54 Å². The van der Waals surface area contributed by atoms with E-state index in [0.717, 1.165) is 22.9 Å². The molecule has 19 heavy (non-hydrogen) atoms. The molecule has 0 aromatic heterocycles. The zero-order chi connectivity index (χ0) is 13.1. The Balaban J connectivity index is 1.36. The average Bonchev–Trinajstić information content (AvgIpc) is 2.85.